The van der Waals surface area contributed by atoms with Crippen molar-refractivity contribution in [2.45, 2.75) is 13.8 Å². The highest BCUT2D eigenvalue weighted by molar-refractivity contribution is 6.02. The molecule has 0 aliphatic heterocycles. The van der Waals surface area contributed by atoms with Crippen molar-refractivity contribution in [3.05, 3.63) is 47.2 Å². The van der Waals surface area contributed by atoms with Crippen LogP contribution in [0.3, 0.4) is 0 Å². The second-order valence-electron chi connectivity index (χ2n) is 5.79. The topological polar surface area (TPSA) is 70.2 Å². The molecule has 0 unspecified atom stereocenters. The summed E-state index contributed by atoms with van der Waals surface area (Å²) in [6, 6.07) is 9.23. The Hall–Kier alpha value is -2.47. The van der Waals surface area contributed by atoms with E-state index in [2.05, 4.69) is 25.7 Å². The van der Waals surface area contributed by atoms with Crippen molar-refractivity contribution in [1.29, 1.82) is 0 Å². The maximum absolute atomic E-state index is 12.2. The average molecular weight is 313 g/mol. The minimum atomic E-state index is -0.263. The van der Waals surface area contributed by atoms with Gasteiger partial charge in [0.25, 0.3) is 5.91 Å². The number of likely N-dealkylation sites (N-methyl/N-ethyl adjacent to an activating group) is 1. The van der Waals surface area contributed by atoms with Gasteiger partial charge in [0.15, 0.2) is 5.69 Å². The summed E-state index contributed by atoms with van der Waals surface area (Å²) in [5.41, 5.74) is 3.37. The van der Waals surface area contributed by atoms with Gasteiger partial charge in [0, 0.05) is 18.8 Å². The number of benzene rings is 1. The Morgan fingerprint density at radius 2 is 1.87 bits per heavy atom. The van der Waals surface area contributed by atoms with Gasteiger partial charge in [-0.1, -0.05) is 6.07 Å². The quantitative estimate of drug-likeness (QED) is 0.856. The summed E-state index contributed by atoms with van der Waals surface area (Å²) >= 11 is 0. The van der Waals surface area contributed by atoms with Crippen LogP contribution in [0.25, 0.3) is 0 Å². The highest BCUT2D eigenvalue weighted by atomic mass is 16.1. The minimum Gasteiger partial charge on any atom is -0.367 e. The Kier molecular flexibility index (Phi) is 5.65. The Morgan fingerprint density at radius 3 is 2.48 bits per heavy atom. The van der Waals surface area contributed by atoms with Crippen LogP contribution in [0.1, 0.15) is 21.6 Å². The van der Waals surface area contributed by atoms with Crippen LogP contribution >= 0.6 is 0 Å². The second kappa shape index (κ2) is 7.69. The summed E-state index contributed by atoms with van der Waals surface area (Å²) in [6.07, 6.45) is 0. The number of rotatable bonds is 6. The fourth-order valence-electron chi connectivity index (χ4n) is 1.97. The molecule has 2 rings (SSSR count). The molecule has 0 bridgehead atoms. The van der Waals surface area contributed by atoms with Gasteiger partial charge in [0.05, 0.1) is 0 Å². The van der Waals surface area contributed by atoms with E-state index in [0.29, 0.717) is 11.5 Å². The first kappa shape index (κ1) is 16.9. The number of hydrogen-bond donors (Lipinski definition) is 2. The summed E-state index contributed by atoms with van der Waals surface area (Å²) in [6.45, 7) is 5.72. The molecule has 1 amide bonds. The van der Waals surface area contributed by atoms with Crippen LogP contribution in [-0.2, 0) is 0 Å². The Labute approximate surface area is 136 Å². The first-order valence-electron chi connectivity index (χ1n) is 7.56. The molecule has 23 heavy (non-hydrogen) atoms. The number of aromatic nitrogens is 2. The van der Waals surface area contributed by atoms with E-state index < -0.39 is 0 Å². The molecule has 1 aromatic carbocycles. The highest BCUT2D eigenvalue weighted by Gasteiger charge is 2.09. The van der Waals surface area contributed by atoms with Crippen LogP contribution in [0, 0.1) is 13.8 Å². The number of carbonyl (C=O) groups is 1. The molecule has 122 valence electrons. The average Bonchev–Trinajstić information content (AvgIpc) is 2.51. The third-order valence-electron chi connectivity index (χ3n) is 3.53. The molecule has 1 aromatic heterocycles. The third-order valence-corrected chi connectivity index (χ3v) is 3.53. The number of carbonyl (C=O) groups excluding carboxylic acids is 1. The van der Waals surface area contributed by atoms with Gasteiger partial charge in [-0.25, -0.2) is 0 Å². The van der Waals surface area contributed by atoms with Gasteiger partial charge in [0.2, 0.25) is 0 Å². The smallest absolute Gasteiger partial charge is 0.276 e. The van der Waals surface area contributed by atoms with Crippen molar-refractivity contribution in [1.82, 2.24) is 15.1 Å². The van der Waals surface area contributed by atoms with Crippen molar-refractivity contribution in [3.63, 3.8) is 0 Å². The predicted molar refractivity (Wildman–Crippen MR) is 92.9 cm³/mol. The summed E-state index contributed by atoms with van der Waals surface area (Å²) in [7, 11) is 4.02. The fourth-order valence-corrected chi connectivity index (χ4v) is 1.97. The molecule has 0 fully saturated rings. The van der Waals surface area contributed by atoms with Gasteiger partial charge in [-0.3, -0.25) is 4.79 Å². The molecule has 2 N–H and O–H groups in total. The molecule has 0 saturated heterocycles. The monoisotopic (exact) mass is 313 g/mol. The maximum atomic E-state index is 12.2. The number of anilines is 2. The van der Waals surface area contributed by atoms with Gasteiger partial charge < -0.3 is 15.5 Å². The van der Waals surface area contributed by atoms with Crippen LogP contribution in [-0.4, -0.2) is 48.2 Å². The lowest BCUT2D eigenvalue weighted by Crippen LogP contribution is -2.21. The Balaban J connectivity index is 1.95. The van der Waals surface area contributed by atoms with Crippen LogP contribution in [0.4, 0.5) is 11.5 Å². The number of amides is 1. The first-order chi connectivity index (χ1) is 11.0. The van der Waals surface area contributed by atoms with Crippen LogP contribution in [0.15, 0.2) is 30.3 Å². The van der Waals surface area contributed by atoms with Gasteiger partial charge in [-0.15, -0.1) is 10.2 Å². The zero-order valence-corrected chi connectivity index (χ0v) is 14.1. The van der Waals surface area contributed by atoms with E-state index in [1.165, 1.54) is 5.56 Å². The van der Waals surface area contributed by atoms with Gasteiger partial charge >= 0.3 is 0 Å². The number of nitrogens with one attached hydrogen (secondary N) is 2. The molecular weight excluding hydrogens is 290 g/mol. The molecular formula is C17H23N5O. The fraction of sp³-hybridized carbons (Fsp3) is 0.353. The van der Waals surface area contributed by atoms with E-state index in [1.54, 1.807) is 12.1 Å². The van der Waals surface area contributed by atoms with E-state index in [4.69, 9.17) is 0 Å². The number of hydrogen-bond acceptors (Lipinski definition) is 5. The molecule has 0 atom stereocenters. The van der Waals surface area contributed by atoms with Gasteiger partial charge in [0.1, 0.15) is 5.82 Å². The summed E-state index contributed by atoms with van der Waals surface area (Å²) < 4.78 is 0. The summed E-state index contributed by atoms with van der Waals surface area (Å²) in [5.74, 6) is 0.398. The maximum Gasteiger partial charge on any atom is 0.276 e. The molecule has 0 aliphatic carbocycles. The molecule has 6 nitrogen and oxygen atoms in total. The van der Waals surface area contributed by atoms with Crippen LogP contribution < -0.4 is 10.6 Å². The standard InChI is InChI=1S/C17H23N5O/c1-12-5-6-14(11-13(12)2)19-17(23)15-7-8-16(21-20-15)18-9-10-22(3)4/h5-8,11H,9-10H2,1-4H3,(H,18,21)(H,19,23). The number of aryl methyl sites for hydroxylation is 2. The largest absolute Gasteiger partial charge is 0.367 e. The van der Waals surface area contributed by atoms with E-state index in [1.807, 2.05) is 46.1 Å². The number of nitrogens with zero attached hydrogens (tertiary/aromatic N) is 3. The van der Waals surface area contributed by atoms with Gasteiger partial charge in [-0.2, -0.15) is 0 Å². The molecule has 1 heterocycles. The second-order valence-corrected chi connectivity index (χ2v) is 5.79. The lowest BCUT2D eigenvalue weighted by Gasteiger charge is -2.10. The molecule has 0 aliphatic rings. The molecule has 2 aromatic rings. The SMILES string of the molecule is Cc1ccc(NC(=O)c2ccc(NCCN(C)C)nn2)cc1C. The van der Waals surface area contributed by atoms with Crippen LogP contribution in [0.2, 0.25) is 0 Å². The molecule has 6 heteroatoms. The van der Waals surface area contributed by atoms with Crippen LogP contribution in [0.5, 0.6) is 0 Å². The highest BCUT2D eigenvalue weighted by Crippen LogP contribution is 2.15. The van der Waals surface area contributed by atoms with E-state index >= 15 is 0 Å². The van der Waals surface area contributed by atoms with E-state index in [0.717, 1.165) is 24.3 Å². The normalized spacial score (nSPS) is 10.7. The lowest BCUT2D eigenvalue weighted by atomic mass is 10.1. The molecule has 0 spiro atoms. The summed E-state index contributed by atoms with van der Waals surface area (Å²) in [4.78, 5) is 14.3. The molecule has 0 saturated carbocycles. The summed E-state index contributed by atoms with van der Waals surface area (Å²) in [5, 5.41) is 14.0. The lowest BCUT2D eigenvalue weighted by molar-refractivity contribution is 0.102. The molecule has 0 radical (unpaired) electrons. The van der Waals surface area contributed by atoms with Gasteiger partial charge in [-0.05, 0) is 63.3 Å². The zero-order valence-electron chi connectivity index (χ0n) is 14.1. The van der Waals surface area contributed by atoms with Crippen molar-refractivity contribution in [2.24, 2.45) is 0 Å². The van der Waals surface area contributed by atoms with Crippen molar-refractivity contribution in [3.8, 4) is 0 Å². The third kappa shape index (κ3) is 5.03. The predicted octanol–water partition coefficient (Wildman–Crippen LogP) is 2.32. The zero-order chi connectivity index (χ0) is 16.8. The Morgan fingerprint density at radius 1 is 1.09 bits per heavy atom. The first-order valence-corrected chi connectivity index (χ1v) is 7.56. The Bertz CT molecular complexity index is 667. The minimum absolute atomic E-state index is 0.263. The van der Waals surface area contributed by atoms with Crippen molar-refractivity contribution >= 4 is 17.4 Å². The van der Waals surface area contributed by atoms with Crippen molar-refractivity contribution < 1.29 is 4.79 Å². The van der Waals surface area contributed by atoms with E-state index in [-0.39, 0.29) is 5.91 Å². The van der Waals surface area contributed by atoms with E-state index in [9.17, 15) is 4.79 Å². The van der Waals surface area contributed by atoms with Crippen molar-refractivity contribution in [2.75, 3.05) is 37.8 Å².